The molecule has 194 valence electrons. The quantitative estimate of drug-likeness (QED) is 0.563. The third-order valence-corrected chi connectivity index (χ3v) is 7.13. The lowest BCUT2D eigenvalue weighted by molar-refractivity contribution is -0.191. The summed E-state index contributed by atoms with van der Waals surface area (Å²) in [5.41, 5.74) is 1.96. The minimum Gasteiger partial charge on any atom is -0.333 e. The zero-order valence-electron chi connectivity index (χ0n) is 21.5. The van der Waals surface area contributed by atoms with E-state index in [0.29, 0.717) is 13.0 Å². The maximum Gasteiger partial charge on any atom is 0.334 e. The summed E-state index contributed by atoms with van der Waals surface area (Å²) in [7, 11) is 0. The molecule has 8 heteroatoms. The van der Waals surface area contributed by atoms with Crippen molar-refractivity contribution in [3.05, 3.63) is 71.8 Å². The molecule has 2 aliphatic heterocycles. The first kappa shape index (κ1) is 26.2. The second kappa shape index (κ2) is 11.9. The average molecular weight is 502 g/mol. The van der Waals surface area contributed by atoms with Crippen LogP contribution in [-0.2, 0) is 16.1 Å². The minimum absolute atomic E-state index is 0.0520. The van der Waals surface area contributed by atoms with Gasteiger partial charge in [0.05, 0.1) is 25.7 Å². The SMILES string of the molecule is C#CCN1CC(=O)N2[C@@H](CCCC)C(=O)N([C@@H](C)c3ccccc3)C[C@@H]2N1C(=O)NCc1ccccc1. The van der Waals surface area contributed by atoms with E-state index in [0.717, 1.165) is 24.0 Å². The third kappa shape index (κ3) is 5.62. The smallest absolute Gasteiger partial charge is 0.333 e. The number of hydrogen-bond acceptors (Lipinski definition) is 4. The Morgan fingerprint density at radius 2 is 1.78 bits per heavy atom. The average Bonchev–Trinajstić information content (AvgIpc) is 2.92. The van der Waals surface area contributed by atoms with Gasteiger partial charge in [-0.25, -0.2) is 9.80 Å². The Morgan fingerprint density at radius 3 is 2.43 bits per heavy atom. The highest BCUT2D eigenvalue weighted by molar-refractivity contribution is 5.91. The van der Waals surface area contributed by atoms with E-state index in [1.807, 2.05) is 67.6 Å². The zero-order valence-corrected chi connectivity index (χ0v) is 21.5. The van der Waals surface area contributed by atoms with Crippen LogP contribution in [0.2, 0.25) is 0 Å². The van der Waals surface area contributed by atoms with Crippen molar-refractivity contribution >= 4 is 17.8 Å². The lowest BCUT2D eigenvalue weighted by Crippen LogP contribution is -2.76. The van der Waals surface area contributed by atoms with Crippen molar-refractivity contribution in [2.45, 2.75) is 57.9 Å². The summed E-state index contributed by atoms with van der Waals surface area (Å²) in [5.74, 6) is 2.31. The summed E-state index contributed by atoms with van der Waals surface area (Å²) in [5, 5.41) is 6.15. The molecule has 0 aromatic heterocycles. The van der Waals surface area contributed by atoms with E-state index in [4.69, 9.17) is 6.42 Å². The van der Waals surface area contributed by atoms with Crippen LogP contribution in [-0.4, -0.2) is 69.5 Å². The summed E-state index contributed by atoms with van der Waals surface area (Å²) in [6.07, 6.45) is 7.22. The number of nitrogens with one attached hydrogen (secondary N) is 1. The van der Waals surface area contributed by atoms with E-state index in [1.165, 1.54) is 0 Å². The van der Waals surface area contributed by atoms with Crippen LogP contribution < -0.4 is 5.32 Å². The second-order valence-electron chi connectivity index (χ2n) is 9.53. The molecule has 8 nitrogen and oxygen atoms in total. The summed E-state index contributed by atoms with van der Waals surface area (Å²) >= 11 is 0. The first-order chi connectivity index (χ1) is 18.0. The van der Waals surface area contributed by atoms with E-state index < -0.39 is 12.2 Å². The number of benzene rings is 2. The topological polar surface area (TPSA) is 76.2 Å². The molecule has 2 heterocycles. The molecule has 2 fully saturated rings. The van der Waals surface area contributed by atoms with Gasteiger partial charge in [-0.2, -0.15) is 5.01 Å². The van der Waals surface area contributed by atoms with Crippen LogP contribution in [0.3, 0.4) is 0 Å². The molecule has 1 N–H and O–H groups in total. The van der Waals surface area contributed by atoms with Gasteiger partial charge in [0.2, 0.25) is 11.8 Å². The summed E-state index contributed by atoms with van der Waals surface area (Å²) < 4.78 is 0. The van der Waals surface area contributed by atoms with Crippen LogP contribution in [0, 0.1) is 12.3 Å². The van der Waals surface area contributed by atoms with Gasteiger partial charge in [0.15, 0.2) is 0 Å². The molecule has 0 saturated carbocycles. The number of piperazine rings is 1. The maximum atomic E-state index is 13.8. The van der Waals surface area contributed by atoms with Crippen molar-refractivity contribution < 1.29 is 14.4 Å². The molecule has 37 heavy (non-hydrogen) atoms. The molecule has 2 aromatic rings. The predicted octanol–water partition coefficient (Wildman–Crippen LogP) is 3.38. The highest BCUT2D eigenvalue weighted by Gasteiger charge is 2.51. The van der Waals surface area contributed by atoms with Crippen molar-refractivity contribution in [2.24, 2.45) is 0 Å². The molecule has 0 aliphatic carbocycles. The molecule has 0 unspecified atom stereocenters. The maximum absolute atomic E-state index is 13.8. The van der Waals surface area contributed by atoms with Gasteiger partial charge in [-0.1, -0.05) is 86.3 Å². The lowest BCUT2D eigenvalue weighted by atomic mass is 9.98. The van der Waals surface area contributed by atoms with Crippen LogP contribution in [0.4, 0.5) is 4.79 Å². The van der Waals surface area contributed by atoms with Crippen LogP contribution in [0.1, 0.15) is 50.3 Å². The number of terminal acetylenes is 1. The van der Waals surface area contributed by atoms with Gasteiger partial charge in [0, 0.05) is 6.54 Å². The number of fused-ring (bicyclic) bond motifs is 1. The molecule has 2 aromatic carbocycles. The van der Waals surface area contributed by atoms with E-state index in [-0.39, 0.29) is 43.5 Å². The molecule has 2 saturated heterocycles. The number of carbonyl (C=O) groups is 3. The first-order valence-corrected chi connectivity index (χ1v) is 12.9. The number of hydrogen-bond donors (Lipinski definition) is 1. The van der Waals surface area contributed by atoms with Gasteiger partial charge in [-0.05, 0) is 24.5 Å². The fourth-order valence-electron chi connectivity index (χ4n) is 5.19. The van der Waals surface area contributed by atoms with Gasteiger partial charge in [0.1, 0.15) is 12.2 Å². The van der Waals surface area contributed by atoms with Crippen molar-refractivity contribution in [3.63, 3.8) is 0 Å². The molecular formula is C29H35N5O3. The first-order valence-electron chi connectivity index (χ1n) is 12.9. The van der Waals surface area contributed by atoms with Crippen LogP contribution >= 0.6 is 0 Å². The summed E-state index contributed by atoms with van der Waals surface area (Å²) in [6, 6.07) is 18.3. The van der Waals surface area contributed by atoms with Crippen LogP contribution in [0.25, 0.3) is 0 Å². The molecule has 4 rings (SSSR count). The monoisotopic (exact) mass is 501 g/mol. The molecular weight excluding hydrogens is 466 g/mol. The minimum atomic E-state index is -0.656. The Kier molecular flexibility index (Phi) is 8.47. The van der Waals surface area contributed by atoms with Crippen molar-refractivity contribution in [1.29, 1.82) is 0 Å². The predicted molar refractivity (Wildman–Crippen MR) is 141 cm³/mol. The number of rotatable bonds is 8. The summed E-state index contributed by atoms with van der Waals surface area (Å²) in [4.78, 5) is 44.3. The number of carbonyl (C=O) groups excluding carboxylic acids is 3. The van der Waals surface area contributed by atoms with E-state index >= 15 is 0 Å². The highest BCUT2D eigenvalue weighted by atomic mass is 16.2. The molecule has 4 amide bonds. The fraction of sp³-hybridized carbons (Fsp3) is 0.414. The van der Waals surface area contributed by atoms with Crippen molar-refractivity contribution in [3.8, 4) is 12.3 Å². The van der Waals surface area contributed by atoms with E-state index in [9.17, 15) is 14.4 Å². The van der Waals surface area contributed by atoms with E-state index in [2.05, 4.69) is 18.2 Å². The number of nitrogens with zero attached hydrogens (tertiary/aromatic N) is 4. The normalized spacial score (nSPS) is 20.8. The molecule has 2 aliphatic rings. The van der Waals surface area contributed by atoms with Gasteiger partial charge < -0.3 is 15.1 Å². The van der Waals surface area contributed by atoms with Gasteiger partial charge >= 0.3 is 6.03 Å². The fourth-order valence-corrected chi connectivity index (χ4v) is 5.19. The Hall–Kier alpha value is -3.83. The number of urea groups is 1. The van der Waals surface area contributed by atoms with Crippen LogP contribution in [0.5, 0.6) is 0 Å². The summed E-state index contributed by atoms with van der Waals surface area (Å²) in [6.45, 7) is 4.64. The second-order valence-corrected chi connectivity index (χ2v) is 9.53. The molecule has 0 spiro atoms. The Morgan fingerprint density at radius 1 is 1.11 bits per heavy atom. The molecule has 0 radical (unpaired) electrons. The number of hydrazine groups is 1. The van der Waals surface area contributed by atoms with Crippen molar-refractivity contribution in [2.75, 3.05) is 19.6 Å². The van der Waals surface area contributed by atoms with Gasteiger partial charge in [0.25, 0.3) is 0 Å². The third-order valence-electron chi connectivity index (χ3n) is 7.13. The van der Waals surface area contributed by atoms with Gasteiger partial charge in [-0.15, -0.1) is 6.42 Å². The largest absolute Gasteiger partial charge is 0.334 e. The number of amides is 4. The van der Waals surface area contributed by atoms with E-state index in [1.54, 1.807) is 19.8 Å². The standard InChI is InChI=1S/C29H35N5O3/c1-4-6-17-25-28(36)32(22(3)24-15-11-8-12-16-24)20-26-33(25)27(35)21-31(18-5-2)34(26)29(37)30-19-23-13-9-7-10-14-23/h2,7-16,22,25-26H,4,6,17-21H2,1,3H3,(H,30,37)/t22-,25-,26-/m0/s1. The Labute approximate surface area is 219 Å². The lowest BCUT2D eigenvalue weighted by Gasteiger charge is -2.55. The highest BCUT2D eigenvalue weighted by Crippen LogP contribution is 2.33. The van der Waals surface area contributed by atoms with Gasteiger partial charge in [-0.3, -0.25) is 9.59 Å². The van der Waals surface area contributed by atoms with Crippen LogP contribution in [0.15, 0.2) is 60.7 Å². The molecule has 0 bridgehead atoms. The Balaban J connectivity index is 1.68. The number of unbranched alkanes of at least 4 members (excludes halogenated alkanes) is 1. The zero-order chi connectivity index (χ0) is 26.4. The van der Waals surface area contributed by atoms with Crippen molar-refractivity contribution in [1.82, 2.24) is 25.1 Å². The Bertz CT molecular complexity index is 1130. The molecule has 3 atom stereocenters.